The number of hydrogen-bond donors (Lipinski definition) is 3. The van der Waals surface area contributed by atoms with Gasteiger partial charge in [0.15, 0.2) is 5.82 Å². The van der Waals surface area contributed by atoms with Crippen LogP contribution in [0.15, 0.2) is 55.2 Å². The van der Waals surface area contributed by atoms with Gasteiger partial charge in [-0.1, -0.05) is 23.7 Å². The maximum Gasteiger partial charge on any atom is 0.269 e. The molecule has 0 fully saturated rings. The number of rotatable bonds is 7. The lowest BCUT2D eigenvalue weighted by molar-refractivity contribution is -0.384. The van der Waals surface area contributed by atoms with E-state index in [-0.39, 0.29) is 5.69 Å². The van der Waals surface area contributed by atoms with Gasteiger partial charge in [0.1, 0.15) is 5.02 Å². The first kappa shape index (κ1) is 18.4. The molecule has 146 valence electrons. The summed E-state index contributed by atoms with van der Waals surface area (Å²) < 4.78 is 1.70. The molecule has 0 aliphatic carbocycles. The van der Waals surface area contributed by atoms with Gasteiger partial charge in [0.25, 0.3) is 5.69 Å². The zero-order valence-electron chi connectivity index (χ0n) is 14.8. The van der Waals surface area contributed by atoms with Gasteiger partial charge >= 0.3 is 0 Å². The Morgan fingerprint density at radius 2 is 1.97 bits per heavy atom. The predicted molar refractivity (Wildman–Crippen MR) is 107 cm³/mol. The maximum absolute atomic E-state index is 10.7. The fourth-order valence-electron chi connectivity index (χ4n) is 2.52. The van der Waals surface area contributed by atoms with Gasteiger partial charge in [0, 0.05) is 24.5 Å². The average molecular weight is 412 g/mol. The van der Waals surface area contributed by atoms with Gasteiger partial charge in [0.2, 0.25) is 5.95 Å². The average Bonchev–Trinajstić information content (AvgIpc) is 3.37. The number of hydrogen-bond acceptors (Lipinski definition) is 8. The Morgan fingerprint density at radius 3 is 2.69 bits per heavy atom. The Balaban J connectivity index is 1.44. The summed E-state index contributed by atoms with van der Waals surface area (Å²) in [6, 6.07) is 6.33. The molecule has 0 spiro atoms. The van der Waals surface area contributed by atoms with Gasteiger partial charge in [-0.2, -0.15) is 15.2 Å². The third kappa shape index (κ3) is 4.47. The van der Waals surface area contributed by atoms with Crippen LogP contribution in [0.2, 0.25) is 5.02 Å². The van der Waals surface area contributed by atoms with E-state index in [9.17, 15) is 10.1 Å². The first-order valence-electron chi connectivity index (χ1n) is 8.38. The van der Waals surface area contributed by atoms with E-state index in [0.717, 1.165) is 5.56 Å². The molecule has 0 bridgehead atoms. The molecule has 0 amide bonds. The van der Waals surface area contributed by atoms with Crippen molar-refractivity contribution in [2.24, 2.45) is 0 Å². The Bertz CT molecular complexity index is 1130. The molecule has 0 aliphatic rings. The number of benzene rings is 1. The SMILES string of the molecule is O=[N+]([O-])c1ccc(Cn2cc(Nc3ncc(Cl)c(Nc4cn[nH]c4)n3)cn2)cc1. The molecule has 0 aliphatic heterocycles. The summed E-state index contributed by atoms with van der Waals surface area (Å²) in [5.41, 5.74) is 2.34. The van der Waals surface area contributed by atoms with Crippen molar-refractivity contribution in [1.29, 1.82) is 0 Å². The van der Waals surface area contributed by atoms with Crippen molar-refractivity contribution in [3.8, 4) is 0 Å². The summed E-state index contributed by atoms with van der Waals surface area (Å²) in [7, 11) is 0. The molecule has 1 aromatic carbocycles. The van der Waals surface area contributed by atoms with Crippen LogP contribution in [0.4, 0.5) is 28.8 Å². The first-order valence-corrected chi connectivity index (χ1v) is 8.76. The second kappa shape index (κ2) is 7.94. The number of halogens is 1. The number of nitro groups is 1. The van der Waals surface area contributed by atoms with Gasteiger partial charge in [-0.05, 0) is 5.56 Å². The van der Waals surface area contributed by atoms with Crippen LogP contribution in [0.25, 0.3) is 0 Å². The Kier molecular flexibility index (Phi) is 5.03. The molecule has 3 N–H and O–H groups in total. The van der Waals surface area contributed by atoms with Crippen LogP contribution >= 0.6 is 11.6 Å². The zero-order valence-corrected chi connectivity index (χ0v) is 15.5. The molecule has 4 rings (SSSR count). The summed E-state index contributed by atoms with van der Waals surface area (Å²) in [6.07, 6.45) is 8.18. The molecule has 3 heterocycles. The quantitative estimate of drug-likeness (QED) is 0.310. The van der Waals surface area contributed by atoms with Crippen molar-refractivity contribution in [2.75, 3.05) is 10.6 Å². The normalized spacial score (nSPS) is 10.7. The molecule has 3 aromatic heterocycles. The van der Waals surface area contributed by atoms with Crippen molar-refractivity contribution in [3.05, 3.63) is 76.0 Å². The van der Waals surface area contributed by atoms with Gasteiger partial charge in [0.05, 0.1) is 41.4 Å². The summed E-state index contributed by atoms with van der Waals surface area (Å²) in [6.45, 7) is 0.467. The summed E-state index contributed by atoms with van der Waals surface area (Å²) >= 11 is 6.14. The minimum Gasteiger partial charge on any atom is -0.336 e. The van der Waals surface area contributed by atoms with E-state index in [4.69, 9.17) is 11.6 Å². The van der Waals surface area contributed by atoms with Crippen molar-refractivity contribution < 1.29 is 4.92 Å². The van der Waals surface area contributed by atoms with Crippen molar-refractivity contribution in [2.45, 2.75) is 6.54 Å². The van der Waals surface area contributed by atoms with Gasteiger partial charge in [-0.3, -0.25) is 19.9 Å². The lowest BCUT2D eigenvalue weighted by atomic mass is 10.2. The van der Waals surface area contributed by atoms with Crippen molar-refractivity contribution in [1.82, 2.24) is 29.9 Å². The second-order valence-electron chi connectivity index (χ2n) is 5.98. The number of H-pyrrole nitrogens is 1. The standard InChI is InChI=1S/C17H14ClN9O2/c18-15-8-19-17(25-16(15)23-12-5-20-21-6-12)24-13-7-22-26(10-13)9-11-1-3-14(4-2-11)27(28)29/h1-8,10H,9H2,(H,20,21)(H2,19,23,24,25). The summed E-state index contributed by atoms with van der Waals surface area (Å²) in [5, 5.41) is 28.0. The Morgan fingerprint density at radius 1 is 1.14 bits per heavy atom. The predicted octanol–water partition coefficient (Wildman–Crippen LogP) is 3.49. The van der Waals surface area contributed by atoms with Crippen LogP contribution in [0, 0.1) is 10.1 Å². The van der Waals surface area contributed by atoms with Crippen LogP contribution in [0.3, 0.4) is 0 Å². The van der Waals surface area contributed by atoms with Crippen LogP contribution in [-0.2, 0) is 6.54 Å². The molecule has 0 atom stereocenters. The minimum atomic E-state index is -0.429. The van der Waals surface area contributed by atoms with E-state index in [0.29, 0.717) is 34.7 Å². The molecule has 0 unspecified atom stereocenters. The summed E-state index contributed by atoms with van der Waals surface area (Å²) in [4.78, 5) is 18.8. The first-order chi connectivity index (χ1) is 14.1. The van der Waals surface area contributed by atoms with E-state index >= 15 is 0 Å². The van der Waals surface area contributed by atoms with Gasteiger partial charge < -0.3 is 10.6 Å². The van der Waals surface area contributed by atoms with Crippen LogP contribution in [-0.4, -0.2) is 34.9 Å². The fraction of sp³-hybridized carbons (Fsp3) is 0.0588. The van der Waals surface area contributed by atoms with Gasteiger partial charge in [-0.25, -0.2) is 4.98 Å². The molecular weight excluding hydrogens is 398 g/mol. The molecule has 0 saturated heterocycles. The zero-order chi connectivity index (χ0) is 20.2. The van der Waals surface area contributed by atoms with E-state index in [1.807, 2.05) is 0 Å². The highest BCUT2D eigenvalue weighted by Crippen LogP contribution is 2.24. The highest BCUT2D eigenvalue weighted by atomic mass is 35.5. The number of aromatic amines is 1. The monoisotopic (exact) mass is 411 g/mol. The summed E-state index contributed by atoms with van der Waals surface area (Å²) in [5.74, 6) is 0.777. The third-order valence-electron chi connectivity index (χ3n) is 3.89. The lowest BCUT2D eigenvalue weighted by Crippen LogP contribution is -2.01. The van der Waals surface area contributed by atoms with E-state index in [1.165, 1.54) is 18.3 Å². The molecule has 0 radical (unpaired) electrons. The van der Waals surface area contributed by atoms with Gasteiger partial charge in [-0.15, -0.1) is 0 Å². The van der Waals surface area contributed by atoms with Crippen LogP contribution < -0.4 is 10.6 Å². The fourth-order valence-corrected chi connectivity index (χ4v) is 2.66. The highest BCUT2D eigenvalue weighted by Gasteiger charge is 2.09. The molecule has 12 heteroatoms. The lowest BCUT2D eigenvalue weighted by Gasteiger charge is -2.07. The Labute approximate surface area is 168 Å². The smallest absolute Gasteiger partial charge is 0.269 e. The molecule has 0 saturated carbocycles. The number of aromatic nitrogens is 6. The van der Waals surface area contributed by atoms with Crippen molar-refractivity contribution in [3.63, 3.8) is 0 Å². The topological polar surface area (TPSA) is 139 Å². The second-order valence-corrected chi connectivity index (χ2v) is 6.38. The molecular formula is C17H14ClN9O2. The maximum atomic E-state index is 10.7. The van der Waals surface area contributed by atoms with E-state index in [1.54, 1.807) is 41.6 Å². The number of anilines is 4. The largest absolute Gasteiger partial charge is 0.336 e. The minimum absolute atomic E-state index is 0.0521. The number of nitrogens with zero attached hydrogens (tertiary/aromatic N) is 6. The highest BCUT2D eigenvalue weighted by molar-refractivity contribution is 6.32. The van der Waals surface area contributed by atoms with E-state index in [2.05, 4.69) is 35.9 Å². The molecule has 11 nitrogen and oxygen atoms in total. The number of nitro benzene ring substituents is 1. The molecule has 29 heavy (non-hydrogen) atoms. The van der Waals surface area contributed by atoms with Crippen molar-refractivity contribution >= 4 is 40.4 Å². The van der Waals surface area contributed by atoms with Crippen LogP contribution in [0.5, 0.6) is 0 Å². The Hall–Kier alpha value is -3.99. The number of non-ortho nitro benzene ring substituents is 1. The number of nitrogens with one attached hydrogen (secondary N) is 3. The molecule has 4 aromatic rings. The third-order valence-corrected chi connectivity index (χ3v) is 4.16. The van der Waals surface area contributed by atoms with Crippen LogP contribution in [0.1, 0.15) is 5.56 Å². The van der Waals surface area contributed by atoms with E-state index < -0.39 is 4.92 Å².